The lowest BCUT2D eigenvalue weighted by Gasteiger charge is -1.98. The number of hydrogen-bond donors (Lipinski definition) is 1. The Labute approximate surface area is 94.7 Å². The van der Waals surface area contributed by atoms with Crippen molar-refractivity contribution in [3.05, 3.63) is 39.9 Å². The molecule has 0 unspecified atom stereocenters. The Hall–Kier alpha value is -0.500. The summed E-state index contributed by atoms with van der Waals surface area (Å²) in [6.45, 7) is 3.90. The predicted molar refractivity (Wildman–Crippen MR) is 64.0 cm³/mol. The van der Waals surface area contributed by atoms with Gasteiger partial charge in [-0.1, -0.05) is 48.3 Å². The van der Waals surface area contributed by atoms with Crippen molar-refractivity contribution in [2.24, 2.45) is 0 Å². The van der Waals surface area contributed by atoms with E-state index in [2.05, 4.69) is 12.2 Å². The molecule has 3 heteroatoms. The van der Waals surface area contributed by atoms with E-state index in [1.54, 1.807) is 6.07 Å². The minimum absolute atomic E-state index is 0.666. The van der Waals surface area contributed by atoms with Crippen molar-refractivity contribution in [3.8, 4) is 0 Å². The lowest BCUT2D eigenvalue weighted by Crippen LogP contribution is -2.11. The first-order valence-corrected chi connectivity index (χ1v) is 5.32. The van der Waals surface area contributed by atoms with Gasteiger partial charge < -0.3 is 5.32 Å². The Bertz CT molecular complexity index is 321. The molecular weight excluding hydrogens is 217 g/mol. The van der Waals surface area contributed by atoms with E-state index >= 15 is 0 Å². The van der Waals surface area contributed by atoms with E-state index in [9.17, 15) is 0 Å². The van der Waals surface area contributed by atoms with Gasteiger partial charge in [0, 0.05) is 16.6 Å². The summed E-state index contributed by atoms with van der Waals surface area (Å²) in [5, 5.41) is 4.54. The van der Waals surface area contributed by atoms with Gasteiger partial charge in [0.1, 0.15) is 0 Å². The molecule has 0 amide bonds. The van der Waals surface area contributed by atoms with E-state index in [0.717, 1.165) is 18.7 Å². The number of hydrogen-bond acceptors (Lipinski definition) is 1. The van der Waals surface area contributed by atoms with Crippen LogP contribution in [0.15, 0.2) is 24.3 Å². The van der Waals surface area contributed by atoms with Gasteiger partial charge in [-0.2, -0.15) is 0 Å². The Kier molecular flexibility index (Phi) is 5.02. The molecule has 0 radical (unpaired) electrons. The van der Waals surface area contributed by atoms with Gasteiger partial charge in [0.2, 0.25) is 0 Å². The molecule has 1 aromatic rings. The molecule has 1 rings (SSSR count). The molecule has 76 valence electrons. The molecule has 0 saturated carbocycles. The Morgan fingerprint density at radius 2 is 2.14 bits per heavy atom. The highest BCUT2D eigenvalue weighted by molar-refractivity contribution is 6.35. The summed E-state index contributed by atoms with van der Waals surface area (Å²) in [6.07, 6.45) is 4.03. The molecular formula is C11H13Cl2N. The molecule has 0 aromatic heterocycles. The summed E-state index contributed by atoms with van der Waals surface area (Å²) >= 11 is 11.8. The zero-order chi connectivity index (χ0) is 10.4. The Morgan fingerprint density at radius 3 is 2.79 bits per heavy atom. The first-order valence-electron chi connectivity index (χ1n) is 4.56. The first-order chi connectivity index (χ1) is 6.74. The van der Waals surface area contributed by atoms with Gasteiger partial charge >= 0.3 is 0 Å². The van der Waals surface area contributed by atoms with Crippen molar-refractivity contribution < 1.29 is 0 Å². The molecule has 0 saturated heterocycles. The molecule has 0 aliphatic carbocycles. The fourth-order valence-electron chi connectivity index (χ4n) is 1.05. The molecule has 0 aliphatic rings. The average molecular weight is 230 g/mol. The number of rotatable bonds is 4. The van der Waals surface area contributed by atoms with Crippen LogP contribution >= 0.6 is 23.2 Å². The van der Waals surface area contributed by atoms with E-state index in [1.165, 1.54) is 0 Å². The number of nitrogens with one attached hydrogen (secondary N) is 1. The van der Waals surface area contributed by atoms with Gasteiger partial charge in [-0.25, -0.2) is 0 Å². The first kappa shape index (κ1) is 11.6. The molecule has 0 aliphatic heterocycles. The summed E-state index contributed by atoms with van der Waals surface area (Å²) < 4.78 is 0. The van der Waals surface area contributed by atoms with Gasteiger partial charge in [-0.3, -0.25) is 0 Å². The van der Waals surface area contributed by atoms with Crippen molar-refractivity contribution >= 4 is 29.3 Å². The second-order valence-electron chi connectivity index (χ2n) is 2.88. The van der Waals surface area contributed by atoms with Crippen LogP contribution in [-0.4, -0.2) is 13.1 Å². The Balaban J connectivity index is 2.62. The lowest BCUT2D eigenvalue weighted by atomic mass is 10.2. The highest BCUT2D eigenvalue weighted by Gasteiger charge is 1.96. The van der Waals surface area contributed by atoms with E-state index in [4.69, 9.17) is 23.2 Å². The van der Waals surface area contributed by atoms with Crippen LogP contribution in [0.1, 0.15) is 12.5 Å². The molecule has 0 spiro atoms. The maximum Gasteiger partial charge on any atom is 0.0493 e. The van der Waals surface area contributed by atoms with Crippen molar-refractivity contribution in [2.75, 3.05) is 13.1 Å². The normalized spacial score (nSPS) is 11.1. The summed E-state index contributed by atoms with van der Waals surface area (Å²) in [4.78, 5) is 0. The van der Waals surface area contributed by atoms with Crippen molar-refractivity contribution in [3.63, 3.8) is 0 Å². The molecule has 0 bridgehead atoms. The van der Waals surface area contributed by atoms with Gasteiger partial charge in [-0.05, 0) is 24.2 Å². The van der Waals surface area contributed by atoms with E-state index in [1.807, 2.05) is 24.3 Å². The molecule has 0 atom stereocenters. The van der Waals surface area contributed by atoms with Crippen LogP contribution in [0.25, 0.3) is 6.08 Å². The van der Waals surface area contributed by atoms with Crippen LogP contribution in [0.3, 0.4) is 0 Å². The third kappa shape index (κ3) is 3.70. The third-order valence-corrected chi connectivity index (χ3v) is 2.33. The molecule has 0 fully saturated rings. The van der Waals surface area contributed by atoms with Gasteiger partial charge in [0.05, 0.1) is 0 Å². The van der Waals surface area contributed by atoms with E-state index in [0.29, 0.717) is 10.0 Å². The maximum absolute atomic E-state index is 5.99. The van der Waals surface area contributed by atoms with Crippen molar-refractivity contribution in [1.29, 1.82) is 0 Å². The van der Waals surface area contributed by atoms with E-state index in [-0.39, 0.29) is 0 Å². The predicted octanol–water partition coefficient (Wildman–Crippen LogP) is 3.62. The fraction of sp³-hybridized carbons (Fsp3) is 0.273. The Morgan fingerprint density at radius 1 is 1.36 bits per heavy atom. The van der Waals surface area contributed by atoms with Crippen molar-refractivity contribution in [1.82, 2.24) is 5.32 Å². The van der Waals surface area contributed by atoms with E-state index < -0.39 is 0 Å². The number of likely N-dealkylation sites (N-methyl/N-ethyl adjacent to an activating group) is 1. The summed E-state index contributed by atoms with van der Waals surface area (Å²) in [5.74, 6) is 0. The second kappa shape index (κ2) is 6.07. The standard InChI is InChI=1S/C11H13Cl2N/c1-2-14-7-3-4-9-5-6-10(12)8-11(9)13/h3-6,8,14H,2,7H2,1H3. The van der Waals surface area contributed by atoms with Crippen LogP contribution in [-0.2, 0) is 0 Å². The quantitative estimate of drug-likeness (QED) is 0.779. The monoisotopic (exact) mass is 229 g/mol. The average Bonchev–Trinajstić information content (AvgIpc) is 2.15. The minimum atomic E-state index is 0.666. The largest absolute Gasteiger partial charge is 0.314 e. The highest BCUT2D eigenvalue weighted by atomic mass is 35.5. The summed E-state index contributed by atoms with van der Waals surface area (Å²) in [6, 6.07) is 5.49. The topological polar surface area (TPSA) is 12.0 Å². The molecule has 1 nitrogen and oxygen atoms in total. The van der Waals surface area contributed by atoms with Crippen LogP contribution in [0.4, 0.5) is 0 Å². The SMILES string of the molecule is CCNCC=Cc1ccc(Cl)cc1Cl. The van der Waals surface area contributed by atoms with Gasteiger partial charge in [0.25, 0.3) is 0 Å². The van der Waals surface area contributed by atoms with Crippen LogP contribution in [0.2, 0.25) is 10.0 Å². The van der Waals surface area contributed by atoms with Crippen LogP contribution in [0.5, 0.6) is 0 Å². The van der Waals surface area contributed by atoms with Crippen molar-refractivity contribution in [2.45, 2.75) is 6.92 Å². The molecule has 1 N–H and O–H groups in total. The number of benzene rings is 1. The van der Waals surface area contributed by atoms with Crippen LogP contribution < -0.4 is 5.32 Å². The van der Waals surface area contributed by atoms with Gasteiger partial charge in [-0.15, -0.1) is 0 Å². The third-order valence-electron chi connectivity index (χ3n) is 1.77. The smallest absolute Gasteiger partial charge is 0.0493 e. The molecule has 0 heterocycles. The highest BCUT2D eigenvalue weighted by Crippen LogP contribution is 2.21. The maximum atomic E-state index is 5.99. The lowest BCUT2D eigenvalue weighted by molar-refractivity contribution is 0.801. The summed E-state index contributed by atoms with van der Waals surface area (Å²) in [5.41, 5.74) is 0.994. The van der Waals surface area contributed by atoms with Crippen LogP contribution in [0, 0.1) is 0 Å². The summed E-state index contributed by atoms with van der Waals surface area (Å²) in [7, 11) is 0. The number of halogens is 2. The zero-order valence-electron chi connectivity index (χ0n) is 8.06. The molecule has 1 aromatic carbocycles. The zero-order valence-corrected chi connectivity index (χ0v) is 9.57. The fourth-order valence-corrected chi connectivity index (χ4v) is 1.52. The molecule has 14 heavy (non-hydrogen) atoms. The van der Waals surface area contributed by atoms with Gasteiger partial charge in [0.15, 0.2) is 0 Å². The minimum Gasteiger partial charge on any atom is -0.314 e. The second-order valence-corrected chi connectivity index (χ2v) is 3.72.